The van der Waals surface area contributed by atoms with Crippen LogP contribution in [0.5, 0.6) is 0 Å². The van der Waals surface area contributed by atoms with Gasteiger partial charge in [0.05, 0.1) is 20.3 Å². The largest absolute Gasteiger partial charge is 0.468 e. The van der Waals surface area contributed by atoms with E-state index in [4.69, 9.17) is 9.47 Å². The molecule has 0 heterocycles. The Bertz CT molecular complexity index is 142. The minimum absolute atomic E-state index is 0.435. The summed E-state index contributed by atoms with van der Waals surface area (Å²) in [5.74, 6) is 5.80. The molecule has 0 saturated carbocycles. The Labute approximate surface area is 55.5 Å². The third-order valence-electron chi connectivity index (χ3n) is 0.737. The van der Waals surface area contributed by atoms with Gasteiger partial charge in [0.25, 0.3) is 5.95 Å². The maximum atomic E-state index is 4.74. The summed E-state index contributed by atoms with van der Waals surface area (Å²) < 4.78 is 9.48. The minimum Gasteiger partial charge on any atom is -0.468 e. The zero-order valence-corrected chi connectivity index (χ0v) is 5.89. The Morgan fingerprint density at radius 3 is 2.22 bits per heavy atom. The monoisotopic (exact) mass is 126 g/mol. The van der Waals surface area contributed by atoms with Crippen LogP contribution < -0.4 is 0 Å². The van der Waals surface area contributed by atoms with Crippen LogP contribution in [0.1, 0.15) is 6.92 Å². The molecule has 0 amide bonds. The molecular formula is C7H10O2. The van der Waals surface area contributed by atoms with Crippen LogP contribution >= 0.6 is 0 Å². The Morgan fingerprint density at radius 1 is 1.33 bits per heavy atom. The van der Waals surface area contributed by atoms with E-state index in [0.717, 1.165) is 0 Å². The van der Waals surface area contributed by atoms with Gasteiger partial charge < -0.3 is 9.47 Å². The molecule has 2 heteroatoms. The highest BCUT2D eigenvalue weighted by atomic mass is 16.7. The highest BCUT2D eigenvalue weighted by Gasteiger charge is 1.85. The van der Waals surface area contributed by atoms with Gasteiger partial charge in [-0.15, -0.1) is 5.92 Å². The molecule has 0 bridgehead atoms. The summed E-state index contributed by atoms with van der Waals surface area (Å²) in [6.07, 6.45) is 1.57. The fourth-order valence-electron chi connectivity index (χ4n) is 0.332. The summed E-state index contributed by atoms with van der Waals surface area (Å²) >= 11 is 0. The Morgan fingerprint density at radius 2 is 1.89 bits per heavy atom. The van der Waals surface area contributed by atoms with Gasteiger partial charge in [-0.3, -0.25) is 0 Å². The van der Waals surface area contributed by atoms with Gasteiger partial charge in [0.2, 0.25) is 0 Å². The van der Waals surface area contributed by atoms with E-state index in [1.54, 1.807) is 13.0 Å². The molecule has 2 nitrogen and oxygen atoms in total. The third-order valence-corrected chi connectivity index (χ3v) is 0.737. The molecule has 0 aliphatic rings. The van der Waals surface area contributed by atoms with E-state index >= 15 is 0 Å². The van der Waals surface area contributed by atoms with E-state index in [9.17, 15) is 0 Å². The molecular weight excluding hydrogens is 116 g/mol. The number of hydrogen-bond donors (Lipinski definition) is 0. The molecule has 0 aromatic heterocycles. The zero-order valence-electron chi connectivity index (χ0n) is 5.89. The molecule has 0 spiro atoms. The van der Waals surface area contributed by atoms with Crippen molar-refractivity contribution in [2.75, 3.05) is 14.2 Å². The molecule has 0 rings (SSSR count). The first-order valence-corrected chi connectivity index (χ1v) is 2.55. The van der Waals surface area contributed by atoms with E-state index in [1.165, 1.54) is 14.2 Å². The highest BCUT2D eigenvalue weighted by Crippen LogP contribution is 1.92. The SMILES string of the molecule is CC#CC=C(OC)OC. The number of allylic oxidation sites excluding steroid dienone is 1. The summed E-state index contributed by atoms with van der Waals surface area (Å²) in [5.41, 5.74) is 0. The first-order chi connectivity index (χ1) is 4.35. The fourth-order valence-corrected chi connectivity index (χ4v) is 0.332. The van der Waals surface area contributed by atoms with Crippen LogP contribution in [-0.4, -0.2) is 14.2 Å². The number of ether oxygens (including phenoxy) is 2. The maximum absolute atomic E-state index is 4.74. The topological polar surface area (TPSA) is 18.5 Å². The van der Waals surface area contributed by atoms with Crippen molar-refractivity contribution in [3.63, 3.8) is 0 Å². The molecule has 9 heavy (non-hydrogen) atoms. The van der Waals surface area contributed by atoms with Gasteiger partial charge in [-0.1, -0.05) is 5.92 Å². The fraction of sp³-hybridized carbons (Fsp3) is 0.429. The summed E-state index contributed by atoms with van der Waals surface area (Å²) in [6, 6.07) is 0. The van der Waals surface area contributed by atoms with Crippen LogP contribution in [0.4, 0.5) is 0 Å². The van der Waals surface area contributed by atoms with Crippen LogP contribution in [0.2, 0.25) is 0 Å². The van der Waals surface area contributed by atoms with Gasteiger partial charge in [-0.25, -0.2) is 0 Å². The zero-order chi connectivity index (χ0) is 7.11. The van der Waals surface area contributed by atoms with Crippen molar-refractivity contribution in [3.8, 4) is 11.8 Å². The summed E-state index contributed by atoms with van der Waals surface area (Å²) in [7, 11) is 3.07. The summed E-state index contributed by atoms with van der Waals surface area (Å²) in [4.78, 5) is 0. The van der Waals surface area contributed by atoms with E-state index in [-0.39, 0.29) is 0 Å². The summed E-state index contributed by atoms with van der Waals surface area (Å²) in [6.45, 7) is 1.75. The predicted molar refractivity (Wildman–Crippen MR) is 35.6 cm³/mol. The minimum atomic E-state index is 0.435. The normalized spacial score (nSPS) is 6.56. The van der Waals surface area contributed by atoms with E-state index in [0.29, 0.717) is 5.95 Å². The van der Waals surface area contributed by atoms with Gasteiger partial charge in [0, 0.05) is 0 Å². The molecule has 0 unspecified atom stereocenters. The van der Waals surface area contributed by atoms with Crippen molar-refractivity contribution in [1.29, 1.82) is 0 Å². The van der Waals surface area contributed by atoms with E-state index in [1.807, 2.05) is 0 Å². The lowest BCUT2D eigenvalue weighted by atomic mass is 10.6. The molecule has 0 aromatic carbocycles. The van der Waals surface area contributed by atoms with Gasteiger partial charge >= 0.3 is 0 Å². The first-order valence-electron chi connectivity index (χ1n) is 2.55. The Hall–Kier alpha value is -1.10. The molecule has 0 aliphatic carbocycles. The van der Waals surface area contributed by atoms with Crippen LogP contribution in [0.25, 0.3) is 0 Å². The molecule has 0 aromatic rings. The molecule has 0 N–H and O–H groups in total. The lowest BCUT2D eigenvalue weighted by Crippen LogP contribution is -1.87. The van der Waals surface area contributed by atoms with E-state index < -0.39 is 0 Å². The number of hydrogen-bond acceptors (Lipinski definition) is 2. The summed E-state index contributed by atoms with van der Waals surface area (Å²) in [5, 5.41) is 0. The Balaban J connectivity index is 3.86. The third kappa shape index (κ3) is 3.48. The average molecular weight is 126 g/mol. The van der Waals surface area contributed by atoms with Gasteiger partial charge in [-0.05, 0) is 6.92 Å². The van der Waals surface area contributed by atoms with Gasteiger partial charge in [0.15, 0.2) is 0 Å². The maximum Gasteiger partial charge on any atom is 0.287 e. The van der Waals surface area contributed by atoms with Crippen LogP contribution in [-0.2, 0) is 9.47 Å². The van der Waals surface area contributed by atoms with Gasteiger partial charge in [-0.2, -0.15) is 0 Å². The second-order valence-corrected chi connectivity index (χ2v) is 1.27. The van der Waals surface area contributed by atoms with Crippen molar-refractivity contribution >= 4 is 0 Å². The average Bonchev–Trinajstić information content (AvgIpc) is 1.91. The number of methoxy groups -OCH3 is 2. The van der Waals surface area contributed by atoms with Crippen molar-refractivity contribution < 1.29 is 9.47 Å². The van der Waals surface area contributed by atoms with Crippen molar-refractivity contribution in [2.24, 2.45) is 0 Å². The second-order valence-electron chi connectivity index (χ2n) is 1.27. The van der Waals surface area contributed by atoms with E-state index in [2.05, 4.69) is 11.8 Å². The van der Waals surface area contributed by atoms with Crippen molar-refractivity contribution in [3.05, 3.63) is 12.0 Å². The van der Waals surface area contributed by atoms with Crippen molar-refractivity contribution in [1.82, 2.24) is 0 Å². The smallest absolute Gasteiger partial charge is 0.287 e. The predicted octanol–water partition coefficient (Wildman–Crippen LogP) is 1.14. The second kappa shape index (κ2) is 5.04. The molecule has 0 radical (unpaired) electrons. The molecule has 0 atom stereocenters. The molecule has 0 fully saturated rings. The highest BCUT2D eigenvalue weighted by molar-refractivity contribution is 5.14. The van der Waals surface area contributed by atoms with Crippen LogP contribution in [0.3, 0.4) is 0 Å². The van der Waals surface area contributed by atoms with Crippen LogP contribution in [0, 0.1) is 11.8 Å². The molecule has 0 saturated heterocycles. The van der Waals surface area contributed by atoms with Crippen molar-refractivity contribution in [2.45, 2.75) is 6.92 Å². The molecule has 50 valence electrons. The Kier molecular flexibility index (Phi) is 4.43. The lowest BCUT2D eigenvalue weighted by Gasteiger charge is -1.99. The van der Waals surface area contributed by atoms with Crippen LogP contribution in [0.15, 0.2) is 12.0 Å². The standard InChI is InChI=1S/C7H10O2/c1-4-5-6-7(8-2)9-3/h6H,1-3H3. The van der Waals surface area contributed by atoms with Gasteiger partial charge in [0.1, 0.15) is 0 Å². The molecule has 0 aliphatic heterocycles. The quantitative estimate of drug-likeness (QED) is 0.408. The number of rotatable bonds is 2. The first kappa shape index (κ1) is 7.90. The lowest BCUT2D eigenvalue weighted by molar-refractivity contribution is 0.0958.